The Bertz CT molecular complexity index is 630. The number of nitrogens with zero attached hydrogens (tertiary/aromatic N) is 3. The zero-order valence-electron chi connectivity index (χ0n) is 10.7. The van der Waals surface area contributed by atoms with Crippen molar-refractivity contribution in [3.05, 3.63) is 35.3 Å². The fraction of sp³-hybridized carbons (Fsp3) is 0.364. The van der Waals surface area contributed by atoms with Crippen LogP contribution in [0.25, 0.3) is 0 Å². The lowest BCUT2D eigenvalue weighted by atomic mass is 10.2. The Morgan fingerprint density at radius 1 is 1.50 bits per heavy atom. The van der Waals surface area contributed by atoms with Gasteiger partial charge in [0.25, 0.3) is 5.91 Å². The Kier molecular flexibility index (Phi) is 3.51. The Morgan fingerprint density at radius 3 is 2.75 bits per heavy atom. The number of aryl methyl sites for hydroxylation is 1. The number of nitrogens with one attached hydrogen (secondary N) is 1. The van der Waals surface area contributed by atoms with E-state index in [1.807, 2.05) is 0 Å². The van der Waals surface area contributed by atoms with Gasteiger partial charge in [-0.2, -0.15) is 18.3 Å². The molecule has 2 rings (SSSR count). The molecule has 9 heteroatoms. The average molecular weight is 288 g/mol. The molecule has 1 N–H and O–H groups in total. The molecule has 0 aliphatic heterocycles. The van der Waals surface area contributed by atoms with Crippen LogP contribution in [0.15, 0.2) is 17.0 Å². The highest BCUT2D eigenvalue weighted by molar-refractivity contribution is 5.93. The molecule has 0 radical (unpaired) electrons. The molecule has 1 amide bonds. The molecular formula is C11H11F3N4O2. The standard InChI is InChI=1S/C11H11F3N4O2/c1-6-7(4-17-18(6)2)3-15-10(19)8-9(11(12,13)14)20-5-16-8/h4-5H,3H2,1-2H3,(H,15,19). The van der Waals surface area contributed by atoms with E-state index in [1.54, 1.807) is 18.7 Å². The number of oxazole rings is 1. The van der Waals surface area contributed by atoms with E-state index in [0.717, 1.165) is 5.69 Å². The van der Waals surface area contributed by atoms with Crippen LogP contribution in [0.1, 0.15) is 27.5 Å². The summed E-state index contributed by atoms with van der Waals surface area (Å²) in [7, 11) is 1.72. The monoisotopic (exact) mass is 288 g/mol. The van der Waals surface area contributed by atoms with E-state index >= 15 is 0 Å². The van der Waals surface area contributed by atoms with E-state index in [2.05, 4.69) is 19.8 Å². The molecule has 0 aliphatic carbocycles. The summed E-state index contributed by atoms with van der Waals surface area (Å²) in [6.07, 6.45) is -2.64. The van der Waals surface area contributed by atoms with E-state index in [4.69, 9.17) is 0 Å². The van der Waals surface area contributed by atoms with Crippen molar-refractivity contribution in [1.29, 1.82) is 0 Å². The normalized spacial score (nSPS) is 11.7. The summed E-state index contributed by atoms with van der Waals surface area (Å²) >= 11 is 0. The van der Waals surface area contributed by atoms with Crippen LogP contribution in [0.5, 0.6) is 0 Å². The van der Waals surface area contributed by atoms with Gasteiger partial charge >= 0.3 is 6.18 Å². The van der Waals surface area contributed by atoms with E-state index in [9.17, 15) is 18.0 Å². The maximum Gasteiger partial charge on any atom is 0.452 e. The lowest BCUT2D eigenvalue weighted by Gasteiger charge is -2.06. The van der Waals surface area contributed by atoms with Crippen molar-refractivity contribution in [2.24, 2.45) is 7.05 Å². The number of hydrogen-bond acceptors (Lipinski definition) is 4. The highest BCUT2D eigenvalue weighted by Gasteiger charge is 2.40. The van der Waals surface area contributed by atoms with Gasteiger partial charge in [-0.05, 0) is 6.92 Å². The first-order chi connectivity index (χ1) is 9.30. The third-order valence-corrected chi connectivity index (χ3v) is 2.82. The number of carbonyl (C=O) groups excluding carboxylic acids is 1. The molecule has 2 heterocycles. The molecule has 0 aliphatic rings. The number of carbonyl (C=O) groups is 1. The van der Waals surface area contributed by atoms with Gasteiger partial charge in [0.05, 0.1) is 6.20 Å². The minimum atomic E-state index is -4.76. The zero-order valence-corrected chi connectivity index (χ0v) is 10.7. The molecule has 0 saturated carbocycles. The van der Waals surface area contributed by atoms with Crippen LogP contribution in [0.3, 0.4) is 0 Å². The first-order valence-electron chi connectivity index (χ1n) is 5.57. The van der Waals surface area contributed by atoms with Crippen LogP contribution in [0, 0.1) is 6.92 Å². The molecule has 0 unspecified atom stereocenters. The lowest BCUT2D eigenvalue weighted by Crippen LogP contribution is -2.26. The molecule has 0 saturated heterocycles. The van der Waals surface area contributed by atoms with Crippen LogP contribution in [-0.2, 0) is 19.8 Å². The number of aromatic nitrogens is 3. The SMILES string of the molecule is Cc1c(CNC(=O)c2ncoc2C(F)(F)F)cnn1C. The molecular weight excluding hydrogens is 277 g/mol. The van der Waals surface area contributed by atoms with Gasteiger partial charge in [-0.3, -0.25) is 9.48 Å². The summed E-state index contributed by atoms with van der Waals surface area (Å²) in [6, 6.07) is 0. The molecule has 108 valence electrons. The molecule has 2 aromatic heterocycles. The van der Waals surface area contributed by atoms with Gasteiger partial charge < -0.3 is 9.73 Å². The van der Waals surface area contributed by atoms with Gasteiger partial charge in [0, 0.05) is 24.8 Å². The fourth-order valence-corrected chi connectivity index (χ4v) is 1.59. The minimum absolute atomic E-state index is 0.0582. The van der Waals surface area contributed by atoms with Crippen molar-refractivity contribution >= 4 is 5.91 Å². The van der Waals surface area contributed by atoms with Gasteiger partial charge in [-0.25, -0.2) is 4.98 Å². The summed E-state index contributed by atoms with van der Waals surface area (Å²) < 4.78 is 43.4. The third-order valence-electron chi connectivity index (χ3n) is 2.82. The Labute approximate surface area is 111 Å². The summed E-state index contributed by atoms with van der Waals surface area (Å²) in [5, 5.41) is 6.32. The highest BCUT2D eigenvalue weighted by Crippen LogP contribution is 2.31. The first kappa shape index (κ1) is 14.1. The van der Waals surface area contributed by atoms with E-state index < -0.39 is 23.5 Å². The molecule has 0 spiro atoms. The number of halogens is 3. The predicted octanol–water partition coefficient (Wildman–Crippen LogP) is 1.67. The second-order valence-electron chi connectivity index (χ2n) is 4.09. The Balaban J connectivity index is 2.10. The quantitative estimate of drug-likeness (QED) is 0.932. The molecule has 0 bridgehead atoms. The van der Waals surface area contributed by atoms with Crippen LogP contribution in [-0.4, -0.2) is 20.7 Å². The molecule has 2 aromatic rings. The second-order valence-corrected chi connectivity index (χ2v) is 4.09. The van der Waals surface area contributed by atoms with Gasteiger partial charge in [0.15, 0.2) is 12.1 Å². The van der Waals surface area contributed by atoms with Crippen LogP contribution >= 0.6 is 0 Å². The second kappa shape index (κ2) is 4.99. The van der Waals surface area contributed by atoms with Crippen molar-refractivity contribution in [2.45, 2.75) is 19.6 Å². The minimum Gasteiger partial charge on any atom is -0.438 e. The van der Waals surface area contributed by atoms with Gasteiger partial charge in [-0.15, -0.1) is 0 Å². The average Bonchev–Trinajstić information content (AvgIpc) is 2.96. The number of amides is 1. The van der Waals surface area contributed by atoms with Crippen LogP contribution < -0.4 is 5.32 Å². The smallest absolute Gasteiger partial charge is 0.438 e. The molecule has 6 nitrogen and oxygen atoms in total. The van der Waals surface area contributed by atoms with Crippen molar-refractivity contribution in [1.82, 2.24) is 20.1 Å². The summed E-state index contributed by atoms with van der Waals surface area (Å²) in [4.78, 5) is 15.0. The maximum atomic E-state index is 12.5. The van der Waals surface area contributed by atoms with Crippen LogP contribution in [0.4, 0.5) is 13.2 Å². The lowest BCUT2D eigenvalue weighted by molar-refractivity contribution is -0.153. The third kappa shape index (κ3) is 2.65. The Morgan fingerprint density at radius 2 is 2.20 bits per heavy atom. The fourth-order valence-electron chi connectivity index (χ4n) is 1.59. The van der Waals surface area contributed by atoms with E-state index in [-0.39, 0.29) is 6.54 Å². The van der Waals surface area contributed by atoms with Crippen molar-refractivity contribution < 1.29 is 22.4 Å². The van der Waals surface area contributed by atoms with E-state index in [1.165, 1.54) is 6.20 Å². The highest BCUT2D eigenvalue weighted by atomic mass is 19.4. The summed E-state index contributed by atoms with van der Waals surface area (Å²) in [6.45, 7) is 1.84. The van der Waals surface area contributed by atoms with Gasteiger partial charge in [-0.1, -0.05) is 0 Å². The molecule has 0 aromatic carbocycles. The first-order valence-corrected chi connectivity index (χ1v) is 5.57. The maximum absolute atomic E-state index is 12.5. The van der Waals surface area contributed by atoms with Gasteiger partial charge in [0.1, 0.15) is 0 Å². The summed E-state index contributed by atoms with van der Waals surface area (Å²) in [5.41, 5.74) is 0.735. The molecule has 0 fully saturated rings. The number of rotatable bonds is 3. The topological polar surface area (TPSA) is 73.0 Å². The predicted molar refractivity (Wildman–Crippen MR) is 60.6 cm³/mol. The zero-order chi connectivity index (χ0) is 14.9. The number of alkyl halides is 3. The molecule has 20 heavy (non-hydrogen) atoms. The van der Waals surface area contributed by atoms with Crippen molar-refractivity contribution in [2.75, 3.05) is 0 Å². The van der Waals surface area contributed by atoms with Crippen molar-refractivity contribution in [3.63, 3.8) is 0 Å². The van der Waals surface area contributed by atoms with Crippen LogP contribution in [0.2, 0.25) is 0 Å². The Hall–Kier alpha value is -2.32. The number of hydrogen-bond donors (Lipinski definition) is 1. The van der Waals surface area contributed by atoms with Crippen molar-refractivity contribution in [3.8, 4) is 0 Å². The summed E-state index contributed by atoms with van der Waals surface area (Å²) in [5.74, 6) is -2.35. The van der Waals surface area contributed by atoms with Gasteiger partial charge in [0.2, 0.25) is 5.76 Å². The largest absolute Gasteiger partial charge is 0.452 e. The molecule has 0 atom stereocenters. The van der Waals surface area contributed by atoms with E-state index in [0.29, 0.717) is 12.0 Å².